The molecule has 1 fully saturated rings. The number of nitrogens with two attached hydrogens (primary N) is 1. The van der Waals surface area contributed by atoms with Crippen LogP contribution in [0.25, 0.3) is 0 Å². The molecule has 0 amide bonds. The molecule has 20 heavy (non-hydrogen) atoms. The van der Waals surface area contributed by atoms with Crippen molar-refractivity contribution in [1.82, 2.24) is 0 Å². The Morgan fingerprint density at radius 3 is 2.55 bits per heavy atom. The Morgan fingerprint density at radius 2 is 1.95 bits per heavy atom. The summed E-state index contributed by atoms with van der Waals surface area (Å²) in [5.74, 6) is -0.321. The smallest absolute Gasteiger partial charge is 0.233 e. The van der Waals surface area contributed by atoms with Crippen LogP contribution in [0.15, 0.2) is 18.2 Å². The number of nitrogens with one attached hydrogen (secondary N) is 1. The van der Waals surface area contributed by atoms with Crippen molar-refractivity contribution >= 4 is 15.7 Å². The average Bonchev–Trinajstić information content (AvgIpc) is 2.41. The Balaban J connectivity index is 2.03. The van der Waals surface area contributed by atoms with Crippen LogP contribution in [-0.2, 0) is 16.6 Å². The van der Waals surface area contributed by atoms with Crippen molar-refractivity contribution in [3.63, 3.8) is 0 Å². The molecule has 0 heterocycles. The predicted octanol–water partition coefficient (Wildman–Crippen LogP) is 2.61. The van der Waals surface area contributed by atoms with E-state index in [0.29, 0.717) is 5.56 Å². The lowest BCUT2D eigenvalue weighted by atomic mass is 9.91. The molecule has 1 aliphatic rings. The summed E-state index contributed by atoms with van der Waals surface area (Å²) in [6.45, 7) is 0.228. The van der Waals surface area contributed by atoms with Gasteiger partial charge in [-0.2, -0.15) is 0 Å². The Morgan fingerprint density at radius 1 is 1.25 bits per heavy atom. The van der Waals surface area contributed by atoms with Gasteiger partial charge in [-0.3, -0.25) is 4.72 Å². The Kier molecular flexibility index (Phi) is 4.99. The number of anilines is 1. The zero-order valence-electron chi connectivity index (χ0n) is 11.4. The first-order chi connectivity index (χ1) is 9.50. The zero-order chi connectivity index (χ0) is 14.6. The van der Waals surface area contributed by atoms with Crippen LogP contribution in [0, 0.1) is 11.7 Å². The Labute approximate surface area is 119 Å². The molecule has 1 aromatic rings. The van der Waals surface area contributed by atoms with Crippen molar-refractivity contribution in [3.05, 3.63) is 29.6 Å². The van der Waals surface area contributed by atoms with E-state index in [2.05, 4.69) is 4.72 Å². The molecule has 0 spiro atoms. The third-order valence-corrected chi connectivity index (χ3v) is 5.16. The number of rotatable bonds is 5. The molecule has 1 saturated carbocycles. The molecular weight excluding hydrogens is 279 g/mol. The Bertz CT molecular complexity index is 554. The molecule has 4 nitrogen and oxygen atoms in total. The van der Waals surface area contributed by atoms with Gasteiger partial charge in [0.1, 0.15) is 5.82 Å². The molecular formula is C14H21FN2O2S. The molecule has 0 aromatic heterocycles. The van der Waals surface area contributed by atoms with Crippen LogP contribution < -0.4 is 10.5 Å². The van der Waals surface area contributed by atoms with Gasteiger partial charge in [0.2, 0.25) is 10.0 Å². The summed E-state index contributed by atoms with van der Waals surface area (Å²) in [6.07, 6.45) is 5.23. The van der Waals surface area contributed by atoms with Crippen LogP contribution in [0.2, 0.25) is 0 Å². The zero-order valence-corrected chi connectivity index (χ0v) is 12.3. The van der Waals surface area contributed by atoms with Gasteiger partial charge >= 0.3 is 0 Å². The largest absolute Gasteiger partial charge is 0.326 e. The first-order valence-corrected chi connectivity index (χ1v) is 8.64. The molecule has 0 aliphatic heterocycles. The van der Waals surface area contributed by atoms with Crippen LogP contribution in [0.5, 0.6) is 0 Å². The fourth-order valence-corrected chi connectivity index (χ4v) is 4.18. The van der Waals surface area contributed by atoms with Crippen molar-refractivity contribution in [2.24, 2.45) is 11.7 Å². The van der Waals surface area contributed by atoms with E-state index in [-0.39, 0.29) is 23.9 Å². The van der Waals surface area contributed by atoms with Crippen molar-refractivity contribution in [2.75, 3.05) is 10.5 Å². The highest BCUT2D eigenvalue weighted by Crippen LogP contribution is 2.26. The lowest BCUT2D eigenvalue weighted by Crippen LogP contribution is -2.24. The fourth-order valence-electron chi connectivity index (χ4n) is 2.64. The molecule has 0 saturated heterocycles. The minimum Gasteiger partial charge on any atom is -0.326 e. The van der Waals surface area contributed by atoms with Crippen molar-refractivity contribution in [3.8, 4) is 0 Å². The lowest BCUT2D eigenvalue weighted by Gasteiger charge is -2.21. The molecule has 112 valence electrons. The van der Waals surface area contributed by atoms with Crippen molar-refractivity contribution < 1.29 is 12.8 Å². The van der Waals surface area contributed by atoms with E-state index in [9.17, 15) is 12.8 Å². The molecule has 0 atom stereocenters. The maximum absolute atomic E-state index is 13.8. The molecule has 0 unspecified atom stereocenters. The van der Waals surface area contributed by atoms with E-state index in [1.807, 2.05) is 0 Å². The topological polar surface area (TPSA) is 72.2 Å². The summed E-state index contributed by atoms with van der Waals surface area (Å²) in [5.41, 5.74) is 6.05. The highest BCUT2D eigenvalue weighted by Gasteiger charge is 2.22. The summed E-state index contributed by atoms with van der Waals surface area (Å²) in [4.78, 5) is 0. The SMILES string of the molecule is NCc1ccc(NS(=O)(=O)CC2CCCCC2)c(F)c1. The maximum atomic E-state index is 13.8. The highest BCUT2D eigenvalue weighted by atomic mass is 32.2. The minimum atomic E-state index is -3.50. The first kappa shape index (κ1) is 15.3. The van der Waals surface area contributed by atoms with Gasteiger partial charge in [-0.25, -0.2) is 12.8 Å². The summed E-state index contributed by atoms with van der Waals surface area (Å²) in [6, 6.07) is 4.32. The lowest BCUT2D eigenvalue weighted by molar-refractivity contribution is 0.385. The van der Waals surface area contributed by atoms with Crippen LogP contribution >= 0.6 is 0 Å². The van der Waals surface area contributed by atoms with Gasteiger partial charge in [0.15, 0.2) is 0 Å². The van der Waals surface area contributed by atoms with E-state index in [1.165, 1.54) is 18.6 Å². The molecule has 1 aromatic carbocycles. The van der Waals surface area contributed by atoms with E-state index in [0.717, 1.165) is 25.7 Å². The molecule has 3 N–H and O–H groups in total. The van der Waals surface area contributed by atoms with Gasteiger partial charge in [0.05, 0.1) is 11.4 Å². The molecule has 0 radical (unpaired) electrons. The van der Waals surface area contributed by atoms with Gasteiger partial charge < -0.3 is 5.73 Å². The highest BCUT2D eigenvalue weighted by molar-refractivity contribution is 7.92. The standard InChI is InChI=1S/C14H21FN2O2S/c15-13-8-12(9-16)6-7-14(13)17-20(18,19)10-11-4-2-1-3-5-11/h6-8,11,17H,1-5,9-10,16H2. The Hall–Kier alpha value is -1.14. The van der Waals surface area contributed by atoms with Crippen LogP contribution in [0.4, 0.5) is 10.1 Å². The quantitative estimate of drug-likeness (QED) is 0.878. The third-order valence-electron chi connectivity index (χ3n) is 3.71. The number of benzene rings is 1. The number of sulfonamides is 1. The summed E-state index contributed by atoms with van der Waals surface area (Å²) in [5, 5.41) is 0. The third kappa shape index (κ3) is 4.18. The fraction of sp³-hybridized carbons (Fsp3) is 0.571. The summed E-state index contributed by atoms with van der Waals surface area (Å²) >= 11 is 0. The van der Waals surface area contributed by atoms with E-state index >= 15 is 0 Å². The summed E-state index contributed by atoms with van der Waals surface area (Å²) in [7, 11) is -3.50. The normalized spacial score (nSPS) is 17.1. The molecule has 2 rings (SSSR count). The molecule has 1 aliphatic carbocycles. The van der Waals surface area contributed by atoms with Gasteiger partial charge in [-0.15, -0.1) is 0 Å². The summed E-state index contributed by atoms with van der Waals surface area (Å²) < 4.78 is 40.2. The van der Waals surface area contributed by atoms with Gasteiger partial charge in [0.25, 0.3) is 0 Å². The minimum absolute atomic E-state index is 0.00184. The number of halogens is 1. The first-order valence-electron chi connectivity index (χ1n) is 6.99. The van der Waals surface area contributed by atoms with Gasteiger partial charge in [-0.05, 0) is 36.5 Å². The monoisotopic (exact) mass is 300 g/mol. The molecule has 0 bridgehead atoms. The molecule has 6 heteroatoms. The van der Waals surface area contributed by atoms with Crippen LogP contribution in [0.3, 0.4) is 0 Å². The maximum Gasteiger partial charge on any atom is 0.233 e. The van der Waals surface area contributed by atoms with Crippen LogP contribution in [0.1, 0.15) is 37.7 Å². The van der Waals surface area contributed by atoms with Gasteiger partial charge in [0, 0.05) is 6.54 Å². The van der Waals surface area contributed by atoms with Crippen LogP contribution in [-0.4, -0.2) is 14.2 Å². The average molecular weight is 300 g/mol. The van der Waals surface area contributed by atoms with Gasteiger partial charge in [-0.1, -0.05) is 25.3 Å². The van der Waals surface area contributed by atoms with Crippen molar-refractivity contribution in [2.45, 2.75) is 38.6 Å². The van der Waals surface area contributed by atoms with E-state index in [1.54, 1.807) is 6.07 Å². The number of hydrogen-bond acceptors (Lipinski definition) is 3. The second kappa shape index (κ2) is 6.54. The van der Waals surface area contributed by atoms with Crippen molar-refractivity contribution in [1.29, 1.82) is 0 Å². The second-order valence-corrected chi connectivity index (χ2v) is 7.17. The predicted molar refractivity (Wildman–Crippen MR) is 78.3 cm³/mol. The van der Waals surface area contributed by atoms with E-state index < -0.39 is 15.8 Å². The second-order valence-electron chi connectivity index (χ2n) is 5.41. The van der Waals surface area contributed by atoms with E-state index in [4.69, 9.17) is 5.73 Å². The number of hydrogen-bond donors (Lipinski definition) is 2.